The molecule has 0 saturated heterocycles. The van der Waals surface area contributed by atoms with Crippen molar-refractivity contribution in [3.8, 4) is 0 Å². The molecule has 0 bridgehead atoms. The van der Waals surface area contributed by atoms with E-state index in [1.807, 2.05) is 37.4 Å². The maximum Gasteiger partial charge on any atom is 0.251 e. The number of halogens is 1. The summed E-state index contributed by atoms with van der Waals surface area (Å²) in [6.07, 6.45) is 2.41. The smallest absolute Gasteiger partial charge is 0.251 e. The minimum absolute atomic E-state index is 0.00745. The van der Waals surface area contributed by atoms with Crippen LogP contribution in [0.1, 0.15) is 49.7 Å². The van der Waals surface area contributed by atoms with Crippen LogP contribution in [0.25, 0.3) is 0 Å². The molecule has 1 aliphatic carbocycles. The van der Waals surface area contributed by atoms with Gasteiger partial charge in [0.2, 0.25) is 0 Å². The molecular weight excluding hydrogens is 501 g/mol. The Balaban J connectivity index is 1.78. The lowest BCUT2D eigenvalue weighted by Crippen LogP contribution is -2.40. The number of thiophene rings is 1. The summed E-state index contributed by atoms with van der Waals surface area (Å²) < 4.78 is 2.69. The molecule has 0 aliphatic heterocycles. The second-order valence-corrected chi connectivity index (χ2v) is 9.32. The highest BCUT2D eigenvalue weighted by atomic mass is 127. The minimum Gasteiger partial charge on any atom is -0.390 e. The van der Waals surface area contributed by atoms with Crippen molar-refractivity contribution >= 4 is 50.6 Å². The van der Waals surface area contributed by atoms with E-state index in [1.54, 1.807) is 4.68 Å². The average Bonchev–Trinajstić information content (AvgIpc) is 3.22. The molecule has 0 spiro atoms. The van der Waals surface area contributed by atoms with Gasteiger partial charge in [-0.25, -0.2) is 4.68 Å². The molecular formula is C20H20IN5O2S. The fourth-order valence-electron chi connectivity index (χ4n) is 4.13. The van der Waals surface area contributed by atoms with E-state index in [-0.39, 0.29) is 5.78 Å². The van der Waals surface area contributed by atoms with Crippen molar-refractivity contribution in [2.45, 2.75) is 31.1 Å². The molecule has 150 valence electrons. The van der Waals surface area contributed by atoms with E-state index in [0.29, 0.717) is 46.7 Å². The summed E-state index contributed by atoms with van der Waals surface area (Å²) >= 11 is 3.39. The van der Waals surface area contributed by atoms with Crippen LogP contribution in [0.5, 0.6) is 0 Å². The fraction of sp³-hybridized carbons (Fsp3) is 0.300. The number of fused-ring (bicyclic) bond motifs is 1. The van der Waals surface area contributed by atoms with Crippen LogP contribution < -0.4 is 11.5 Å². The Morgan fingerprint density at radius 1 is 1.34 bits per heavy atom. The molecule has 1 unspecified atom stereocenters. The highest BCUT2D eigenvalue weighted by molar-refractivity contribution is 14.1. The van der Waals surface area contributed by atoms with E-state index in [1.165, 1.54) is 11.3 Å². The van der Waals surface area contributed by atoms with E-state index in [4.69, 9.17) is 11.5 Å². The number of nitrogens with two attached hydrogens (primary N) is 2. The Bertz CT molecular complexity index is 1110. The van der Waals surface area contributed by atoms with Gasteiger partial charge in [-0.3, -0.25) is 9.59 Å². The van der Waals surface area contributed by atoms with E-state index in [9.17, 15) is 9.59 Å². The number of primary amides is 1. The number of hydrogen-bond donors (Lipinski definition) is 2. The number of aryl methyl sites for hydroxylation is 2. The Labute approximate surface area is 185 Å². The summed E-state index contributed by atoms with van der Waals surface area (Å²) in [5.74, 6) is -0.567. The second kappa shape index (κ2) is 7.52. The third kappa shape index (κ3) is 3.25. The number of benzene rings is 1. The first kappa shape index (κ1) is 20.0. The monoisotopic (exact) mass is 521 g/mol. The van der Waals surface area contributed by atoms with E-state index in [2.05, 4.69) is 32.9 Å². The first-order valence-corrected chi connectivity index (χ1v) is 11.1. The number of aromatic nitrogens is 3. The number of carbonyl (C=O) groups excluding carboxylic acids is 2. The number of amides is 1. The molecule has 7 nitrogen and oxygen atoms in total. The summed E-state index contributed by atoms with van der Waals surface area (Å²) in [6.45, 7) is 0. The van der Waals surface area contributed by atoms with Crippen molar-refractivity contribution in [1.29, 1.82) is 0 Å². The van der Waals surface area contributed by atoms with Gasteiger partial charge >= 0.3 is 0 Å². The van der Waals surface area contributed by atoms with Crippen LogP contribution in [0.4, 0.5) is 5.00 Å². The topological polar surface area (TPSA) is 117 Å². The Morgan fingerprint density at radius 2 is 2.07 bits per heavy atom. The molecule has 1 aliphatic rings. The minimum atomic E-state index is -0.693. The van der Waals surface area contributed by atoms with Gasteiger partial charge in [0.05, 0.1) is 26.6 Å². The number of carbonyl (C=O) groups is 2. The summed E-state index contributed by atoms with van der Waals surface area (Å²) in [5, 5.41) is 8.65. The molecule has 4 N–H and O–H groups in total. The number of nitrogens with zero attached hydrogens (tertiary/aromatic N) is 3. The Kier molecular flexibility index (Phi) is 5.19. The molecule has 2 heterocycles. The van der Waals surface area contributed by atoms with Crippen LogP contribution >= 0.6 is 33.9 Å². The van der Waals surface area contributed by atoms with Crippen molar-refractivity contribution in [3.05, 3.63) is 61.3 Å². The number of ketones is 1. The van der Waals surface area contributed by atoms with Gasteiger partial charge in [0, 0.05) is 7.05 Å². The zero-order chi connectivity index (χ0) is 20.8. The Morgan fingerprint density at radius 3 is 2.69 bits per heavy atom. The molecule has 4 rings (SSSR count). The lowest BCUT2D eigenvalue weighted by Gasteiger charge is -2.36. The van der Waals surface area contributed by atoms with Gasteiger partial charge in [0.1, 0.15) is 3.70 Å². The number of hydrogen-bond acceptors (Lipinski definition) is 6. The van der Waals surface area contributed by atoms with Gasteiger partial charge < -0.3 is 11.5 Å². The highest BCUT2D eigenvalue weighted by Crippen LogP contribution is 2.46. The van der Waals surface area contributed by atoms with Gasteiger partial charge in [0.15, 0.2) is 5.78 Å². The molecule has 1 amide bonds. The maximum atomic E-state index is 13.8. The van der Waals surface area contributed by atoms with Crippen molar-refractivity contribution in [3.63, 3.8) is 0 Å². The Hall–Kier alpha value is -2.27. The summed E-state index contributed by atoms with van der Waals surface area (Å²) in [7, 11) is 1.85. The molecule has 1 atom stereocenters. The van der Waals surface area contributed by atoms with Crippen molar-refractivity contribution in [1.82, 2.24) is 15.0 Å². The first-order chi connectivity index (χ1) is 13.8. The van der Waals surface area contributed by atoms with Crippen LogP contribution in [0.3, 0.4) is 0 Å². The summed E-state index contributed by atoms with van der Waals surface area (Å²) in [5.41, 5.74) is 13.7. The fourth-order valence-corrected chi connectivity index (χ4v) is 5.77. The van der Waals surface area contributed by atoms with Crippen LogP contribution in [-0.4, -0.2) is 26.7 Å². The van der Waals surface area contributed by atoms with Gasteiger partial charge in [-0.15, -0.1) is 16.4 Å². The quantitative estimate of drug-likeness (QED) is 0.501. The van der Waals surface area contributed by atoms with Crippen LogP contribution in [0.15, 0.2) is 30.3 Å². The molecule has 0 fully saturated rings. The van der Waals surface area contributed by atoms with Gasteiger partial charge in [0.25, 0.3) is 5.91 Å². The summed E-state index contributed by atoms with van der Waals surface area (Å²) in [6, 6.07) is 9.83. The third-order valence-electron chi connectivity index (χ3n) is 5.66. The first-order valence-electron chi connectivity index (χ1n) is 9.20. The zero-order valence-corrected chi connectivity index (χ0v) is 18.8. The lowest BCUT2D eigenvalue weighted by atomic mass is 9.65. The van der Waals surface area contributed by atoms with E-state index >= 15 is 0 Å². The normalized spacial score (nSPS) is 18.6. The molecule has 0 radical (unpaired) electrons. The van der Waals surface area contributed by atoms with Gasteiger partial charge in [-0.1, -0.05) is 35.5 Å². The number of nitrogen functional groups attached to an aromatic ring is 1. The maximum absolute atomic E-state index is 13.8. The van der Waals surface area contributed by atoms with Crippen LogP contribution in [0.2, 0.25) is 0 Å². The predicted octanol–water partition coefficient (Wildman–Crippen LogP) is 2.86. The summed E-state index contributed by atoms with van der Waals surface area (Å²) in [4.78, 5) is 26.2. The van der Waals surface area contributed by atoms with Gasteiger partial charge in [-0.05, 0) is 59.4 Å². The van der Waals surface area contributed by atoms with Crippen LogP contribution in [0, 0.1) is 3.70 Å². The predicted molar refractivity (Wildman–Crippen MR) is 120 cm³/mol. The van der Waals surface area contributed by atoms with E-state index in [0.717, 1.165) is 15.0 Å². The van der Waals surface area contributed by atoms with Crippen LogP contribution in [-0.2, 0) is 25.3 Å². The molecule has 9 heteroatoms. The van der Waals surface area contributed by atoms with Gasteiger partial charge in [-0.2, -0.15) is 0 Å². The largest absolute Gasteiger partial charge is 0.390 e. The van der Waals surface area contributed by atoms with E-state index < -0.39 is 11.3 Å². The molecule has 1 aromatic carbocycles. The van der Waals surface area contributed by atoms with Crippen molar-refractivity contribution in [2.75, 3.05) is 5.73 Å². The molecule has 2 aromatic heterocycles. The molecule has 29 heavy (non-hydrogen) atoms. The third-order valence-corrected chi connectivity index (χ3v) is 8.04. The zero-order valence-electron chi connectivity index (χ0n) is 15.8. The van der Waals surface area contributed by atoms with Crippen molar-refractivity contribution < 1.29 is 9.59 Å². The number of Topliss-reactive ketones (excluding diaryl/α,β-unsaturated/α-hetero) is 1. The lowest BCUT2D eigenvalue weighted by molar-refractivity contribution is 0.0854. The highest BCUT2D eigenvalue weighted by Gasteiger charge is 2.46. The SMILES string of the molecule is Cn1nnc(CCC2(c3ccccc3)CCc3c(sc(N)c3C(N)=O)C2=O)c1I. The average molecular weight is 521 g/mol. The van der Waals surface area contributed by atoms with Crippen molar-refractivity contribution in [2.24, 2.45) is 12.8 Å². The standard InChI is InChI=1S/C20H20IN5O2S/c1-26-17(21)13(24-25-26)8-10-20(11-5-3-2-4-6-11)9-7-12-14(18(22)28)19(23)29-15(12)16(20)27/h2-6H,7-10,23H2,1H3,(H2,22,28). The second-order valence-electron chi connectivity index (χ2n) is 7.24. The number of anilines is 1. The number of rotatable bonds is 5. The molecule has 0 saturated carbocycles. The molecule has 3 aromatic rings.